The fraction of sp³-hybridized carbons (Fsp3) is 0.533. The van der Waals surface area contributed by atoms with Crippen molar-refractivity contribution in [2.24, 2.45) is 5.73 Å². The van der Waals surface area contributed by atoms with E-state index in [1.165, 1.54) is 0 Å². The standard InChI is InChI=1S/C15H23N3O/c1-18(2)14-5-3-4-11(10-14)15(19)17-13-8-6-12(16)7-9-13/h3-5,10,12-13H,6-9,16H2,1-2H3,(H,17,19). The summed E-state index contributed by atoms with van der Waals surface area (Å²) in [5, 5.41) is 3.11. The van der Waals surface area contributed by atoms with Gasteiger partial charge in [0.05, 0.1) is 0 Å². The molecular weight excluding hydrogens is 238 g/mol. The fourth-order valence-electron chi connectivity index (χ4n) is 2.46. The Hall–Kier alpha value is -1.55. The summed E-state index contributed by atoms with van der Waals surface area (Å²) in [6, 6.07) is 8.28. The molecule has 1 saturated carbocycles. The van der Waals surface area contributed by atoms with Crippen LogP contribution in [0.4, 0.5) is 5.69 Å². The molecule has 0 aliphatic heterocycles. The van der Waals surface area contributed by atoms with E-state index in [0.29, 0.717) is 6.04 Å². The van der Waals surface area contributed by atoms with Crippen molar-refractivity contribution in [3.05, 3.63) is 29.8 Å². The van der Waals surface area contributed by atoms with Gasteiger partial charge >= 0.3 is 0 Å². The number of anilines is 1. The first kappa shape index (κ1) is 13.9. The molecule has 1 fully saturated rings. The summed E-state index contributed by atoms with van der Waals surface area (Å²) in [4.78, 5) is 14.2. The van der Waals surface area contributed by atoms with Crippen LogP contribution in [0.1, 0.15) is 36.0 Å². The van der Waals surface area contributed by atoms with Crippen molar-refractivity contribution in [3.63, 3.8) is 0 Å². The Bertz CT molecular complexity index is 437. The first-order chi connectivity index (χ1) is 9.06. The molecule has 1 aliphatic rings. The predicted molar refractivity (Wildman–Crippen MR) is 78.5 cm³/mol. The molecule has 4 nitrogen and oxygen atoms in total. The van der Waals surface area contributed by atoms with E-state index in [1.807, 2.05) is 43.3 Å². The number of nitrogens with two attached hydrogens (primary N) is 1. The lowest BCUT2D eigenvalue weighted by Gasteiger charge is -2.27. The van der Waals surface area contributed by atoms with Crippen molar-refractivity contribution in [1.29, 1.82) is 0 Å². The highest BCUT2D eigenvalue weighted by molar-refractivity contribution is 5.95. The van der Waals surface area contributed by atoms with Gasteiger partial charge in [0.25, 0.3) is 5.91 Å². The smallest absolute Gasteiger partial charge is 0.251 e. The van der Waals surface area contributed by atoms with Crippen molar-refractivity contribution < 1.29 is 4.79 Å². The van der Waals surface area contributed by atoms with Crippen LogP contribution < -0.4 is 16.0 Å². The third-order valence-electron chi connectivity index (χ3n) is 3.73. The lowest BCUT2D eigenvalue weighted by atomic mass is 9.91. The van der Waals surface area contributed by atoms with Crippen LogP contribution in [0.15, 0.2) is 24.3 Å². The minimum Gasteiger partial charge on any atom is -0.378 e. The van der Waals surface area contributed by atoms with E-state index >= 15 is 0 Å². The maximum absolute atomic E-state index is 12.2. The average Bonchev–Trinajstić information content (AvgIpc) is 2.41. The molecule has 4 heteroatoms. The normalized spacial score (nSPS) is 22.9. The molecule has 0 radical (unpaired) electrons. The van der Waals surface area contributed by atoms with Crippen LogP contribution in [0.25, 0.3) is 0 Å². The van der Waals surface area contributed by atoms with Gasteiger partial charge in [0.2, 0.25) is 0 Å². The Morgan fingerprint density at radius 3 is 2.58 bits per heavy atom. The first-order valence-corrected chi connectivity index (χ1v) is 6.90. The van der Waals surface area contributed by atoms with Crippen molar-refractivity contribution >= 4 is 11.6 Å². The molecule has 2 rings (SSSR count). The largest absolute Gasteiger partial charge is 0.378 e. The quantitative estimate of drug-likeness (QED) is 0.871. The van der Waals surface area contributed by atoms with Crippen molar-refractivity contribution in [2.75, 3.05) is 19.0 Å². The number of amides is 1. The van der Waals surface area contributed by atoms with Gasteiger partial charge in [-0.1, -0.05) is 6.07 Å². The maximum Gasteiger partial charge on any atom is 0.251 e. The van der Waals surface area contributed by atoms with Gasteiger partial charge < -0.3 is 16.0 Å². The molecule has 1 aromatic rings. The Morgan fingerprint density at radius 2 is 1.95 bits per heavy atom. The zero-order valence-corrected chi connectivity index (χ0v) is 11.7. The number of nitrogens with zero attached hydrogens (tertiary/aromatic N) is 1. The minimum atomic E-state index is 0.0178. The van der Waals surface area contributed by atoms with E-state index < -0.39 is 0 Å². The van der Waals surface area contributed by atoms with E-state index in [-0.39, 0.29) is 11.9 Å². The number of rotatable bonds is 3. The zero-order valence-electron chi connectivity index (χ0n) is 11.7. The van der Waals surface area contributed by atoms with Gasteiger partial charge in [-0.3, -0.25) is 4.79 Å². The third kappa shape index (κ3) is 3.70. The highest BCUT2D eigenvalue weighted by atomic mass is 16.1. The number of hydrogen-bond donors (Lipinski definition) is 2. The molecule has 1 aliphatic carbocycles. The van der Waals surface area contributed by atoms with Gasteiger partial charge in [-0.05, 0) is 43.9 Å². The summed E-state index contributed by atoms with van der Waals surface area (Å²) in [6.07, 6.45) is 3.98. The molecule has 3 N–H and O–H groups in total. The first-order valence-electron chi connectivity index (χ1n) is 6.90. The Balaban J connectivity index is 1.98. The number of hydrogen-bond acceptors (Lipinski definition) is 3. The van der Waals surface area contributed by atoms with Crippen molar-refractivity contribution in [3.8, 4) is 0 Å². The Labute approximate surface area is 115 Å². The monoisotopic (exact) mass is 261 g/mol. The van der Waals surface area contributed by atoms with E-state index in [1.54, 1.807) is 0 Å². The molecule has 104 valence electrons. The molecule has 1 amide bonds. The second-order valence-corrected chi connectivity index (χ2v) is 5.53. The molecule has 1 aromatic carbocycles. The Kier molecular flexibility index (Phi) is 4.43. The lowest BCUT2D eigenvalue weighted by molar-refractivity contribution is 0.0926. The van der Waals surface area contributed by atoms with Gasteiger partial charge in [-0.2, -0.15) is 0 Å². The maximum atomic E-state index is 12.2. The van der Waals surface area contributed by atoms with Crippen LogP contribution in [0.3, 0.4) is 0 Å². The fourth-order valence-corrected chi connectivity index (χ4v) is 2.46. The van der Waals surface area contributed by atoms with Crippen LogP contribution in [0.5, 0.6) is 0 Å². The molecule has 0 spiro atoms. The van der Waals surface area contributed by atoms with E-state index in [9.17, 15) is 4.79 Å². The number of nitrogens with one attached hydrogen (secondary N) is 1. The molecule has 0 atom stereocenters. The van der Waals surface area contributed by atoms with Crippen LogP contribution in [-0.4, -0.2) is 32.1 Å². The number of benzene rings is 1. The minimum absolute atomic E-state index is 0.0178. The third-order valence-corrected chi connectivity index (χ3v) is 3.73. The second-order valence-electron chi connectivity index (χ2n) is 5.53. The number of carbonyl (C=O) groups excluding carboxylic acids is 1. The zero-order chi connectivity index (χ0) is 13.8. The lowest BCUT2D eigenvalue weighted by Crippen LogP contribution is -2.40. The molecule has 0 bridgehead atoms. The van der Waals surface area contributed by atoms with Crippen LogP contribution in [-0.2, 0) is 0 Å². The van der Waals surface area contributed by atoms with Gasteiger partial charge in [0, 0.05) is 37.4 Å². The molecule has 0 unspecified atom stereocenters. The van der Waals surface area contributed by atoms with Crippen molar-refractivity contribution in [1.82, 2.24) is 5.32 Å². The van der Waals surface area contributed by atoms with Gasteiger partial charge in [-0.15, -0.1) is 0 Å². The summed E-state index contributed by atoms with van der Waals surface area (Å²) in [5.74, 6) is 0.0178. The van der Waals surface area contributed by atoms with Crippen molar-refractivity contribution in [2.45, 2.75) is 37.8 Å². The van der Waals surface area contributed by atoms with E-state index in [4.69, 9.17) is 5.73 Å². The Morgan fingerprint density at radius 1 is 1.26 bits per heavy atom. The van der Waals surface area contributed by atoms with Gasteiger partial charge in [0.15, 0.2) is 0 Å². The second kappa shape index (κ2) is 6.06. The SMILES string of the molecule is CN(C)c1cccc(C(=O)NC2CCC(N)CC2)c1. The average molecular weight is 261 g/mol. The summed E-state index contributed by atoms with van der Waals surface area (Å²) in [5.41, 5.74) is 7.64. The topological polar surface area (TPSA) is 58.4 Å². The van der Waals surface area contributed by atoms with Gasteiger partial charge in [-0.25, -0.2) is 0 Å². The number of carbonyl (C=O) groups is 1. The molecule has 19 heavy (non-hydrogen) atoms. The predicted octanol–water partition coefficient (Wildman–Crippen LogP) is 1.75. The summed E-state index contributed by atoms with van der Waals surface area (Å²) in [7, 11) is 3.94. The summed E-state index contributed by atoms with van der Waals surface area (Å²) < 4.78 is 0. The summed E-state index contributed by atoms with van der Waals surface area (Å²) >= 11 is 0. The highest BCUT2D eigenvalue weighted by Crippen LogP contribution is 2.18. The molecule has 0 heterocycles. The highest BCUT2D eigenvalue weighted by Gasteiger charge is 2.20. The van der Waals surface area contributed by atoms with Crippen LogP contribution in [0.2, 0.25) is 0 Å². The van der Waals surface area contributed by atoms with Gasteiger partial charge in [0.1, 0.15) is 0 Å². The molecule has 0 saturated heterocycles. The van der Waals surface area contributed by atoms with E-state index in [2.05, 4.69) is 5.32 Å². The van der Waals surface area contributed by atoms with Crippen LogP contribution in [0, 0.1) is 0 Å². The van der Waals surface area contributed by atoms with Crippen LogP contribution >= 0.6 is 0 Å². The summed E-state index contributed by atoms with van der Waals surface area (Å²) in [6.45, 7) is 0. The van der Waals surface area contributed by atoms with E-state index in [0.717, 1.165) is 36.9 Å². The molecular formula is C15H23N3O. The molecule has 0 aromatic heterocycles.